The van der Waals surface area contributed by atoms with Crippen LogP contribution in [0.2, 0.25) is 0 Å². The minimum absolute atomic E-state index is 0.148. The van der Waals surface area contributed by atoms with Gasteiger partial charge in [0, 0.05) is 52.5 Å². The Morgan fingerprint density at radius 2 is 1.88 bits per heavy atom. The number of aliphatic imine (C=N–C) groups is 1. The van der Waals surface area contributed by atoms with Crippen LogP contribution in [0.15, 0.2) is 29.3 Å². The normalized spacial score (nSPS) is 15.1. The Labute approximate surface area is 150 Å². The largest absolute Gasteiger partial charge is 0.385 e. The van der Waals surface area contributed by atoms with Crippen LogP contribution in [0.5, 0.6) is 0 Å². The summed E-state index contributed by atoms with van der Waals surface area (Å²) in [6.45, 7) is 3.98. The van der Waals surface area contributed by atoms with Gasteiger partial charge in [-0.3, -0.25) is 9.79 Å². The summed E-state index contributed by atoms with van der Waals surface area (Å²) in [6, 6.07) is 7.84. The Kier molecular flexibility index (Phi) is 8.25. The molecule has 2 N–H and O–H groups in total. The number of hydrogen-bond donors (Lipinski definition) is 2. The van der Waals surface area contributed by atoms with E-state index in [1.807, 2.05) is 29.2 Å². The third kappa shape index (κ3) is 6.38. The summed E-state index contributed by atoms with van der Waals surface area (Å²) >= 11 is 0. The predicted octanol–water partition coefficient (Wildman–Crippen LogP) is 2.01. The monoisotopic (exact) mass is 346 g/mol. The number of carbonyl (C=O) groups is 1. The highest BCUT2D eigenvalue weighted by atomic mass is 16.5. The molecule has 0 aliphatic carbocycles. The van der Waals surface area contributed by atoms with Crippen LogP contribution in [0.1, 0.15) is 41.6 Å². The number of nitrogens with one attached hydrogen (secondary N) is 2. The molecule has 1 aliphatic heterocycles. The second-order valence-electron chi connectivity index (χ2n) is 6.25. The summed E-state index contributed by atoms with van der Waals surface area (Å²) in [6.07, 6.45) is 4.40. The zero-order chi connectivity index (χ0) is 17.9. The van der Waals surface area contributed by atoms with Gasteiger partial charge in [-0.15, -0.1) is 0 Å². The molecule has 1 heterocycles. The van der Waals surface area contributed by atoms with Crippen LogP contribution in [-0.2, 0) is 11.3 Å². The molecular weight excluding hydrogens is 316 g/mol. The fourth-order valence-electron chi connectivity index (χ4n) is 2.87. The number of rotatable bonds is 7. The van der Waals surface area contributed by atoms with E-state index in [0.29, 0.717) is 6.54 Å². The maximum absolute atomic E-state index is 12.5. The van der Waals surface area contributed by atoms with Crippen LogP contribution in [-0.4, -0.2) is 57.2 Å². The van der Waals surface area contributed by atoms with Crippen molar-refractivity contribution in [3.8, 4) is 0 Å². The molecule has 6 nitrogen and oxygen atoms in total. The number of guanidine groups is 1. The van der Waals surface area contributed by atoms with Crippen LogP contribution in [0.25, 0.3) is 0 Å². The number of ether oxygens (including phenoxy) is 1. The van der Waals surface area contributed by atoms with Gasteiger partial charge in [-0.25, -0.2) is 0 Å². The second kappa shape index (κ2) is 10.7. The predicted molar refractivity (Wildman–Crippen MR) is 101 cm³/mol. The van der Waals surface area contributed by atoms with E-state index in [2.05, 4.69) is 15.6 Å². The highest BCUT2D eigenvalue weighted by Gasteiger charge is 2.17. The quantitative estimate of drug-likeness (QED) is 0.450. The van der Waals surface area contributed by atoms with Crippen molar-refractivity contribution >= 4 is 11.9 Å². The van der Waals surface area contributed by atoms with E-state index >= 15 is 0 Å². The Bertz CT molecular complexity index is 551. The first kappa shape index (κ1) is 19.2. The third-order valence-electron chi connectivity index (χ3n) is 4.35. The van der Waals surface area contributed by atoms with Gasteiger partial charge >= 0.3 is 0 Å². The average Bonchev–Trinajstić information content (AvgIpc) is 2.68. The van der Waals surface area contributed by atoms with Crippen LogP contribution in [0.3, 0.4) is 0 Å². The van der Waals surface area contributed by atoms with Crippen LogP contribution in [0.4, 0.5) is 0 Å². The number of benzene rings is 1. The van der Waals surface area contributed by atoms with Gasteiger partial charge < -0.3 is 20.3 Å². The summed E-state index contributed by atoms with van der Waals surface area (Å²) in [7, 11) is 3.46. The first-order valence-corrected chi connectivity index (χ1v) is 9.06. The number of likely N-dealkylation sites (tertiary alicyclic amines) is 1. The molecule has 1 fully saturated rings. The first-order chi connectivity index (χ1) is 12.2. The maximum Gasteiger partial charge on any atom is 0.253 e. The number of carbonyl (C=O) groups excluding carboxylic acids is 1. The van der Waals surface area contributed by atoms with E-state index in [-0.39, 0.29) is 5.91 Å². The fourth-order valence-corrected chi connectivity index (χ4v) is 2.87. The second-order valence-corrected chi connectivity index (χ2v) is 6.25. The third-order valence-corrected chi connectivity index (χ3v) is 4.35. The molecule has 0 aromatic heterocycles. The van der Waals surface area contributed by atoms with Gasteiger partial charge in [0.2, 0.25) is 0 Å². The highest BCUT2D eigenvalue weighted by molar-refractivity contribution is 5.94. The Balaban J connectivity index is 1.80. The minimum atomic E-state index is 0.148. The maximum atomic E-state index is 12.5. The standard InChI is InChI=1S/C19H30N4O2/c1-20-19(21-11-6-14-25-2)22-15-16-7-9-17(10-8-16)18(24)23-12-4-3-5-13-23/h7-10H,3-6,11-15H2,1-2H3,(H2,20,21,22). The van der Waals surface area contributed by atoms with Gasteiger partial charge in [-0.05, 0) is 43.4 Å². The van der Waals surface area contributed by atoms with Crippen molar-refractivity contribution in [1.29, 1.82) is 0 Å². The molecule has 0 bridgehead atoms. The van der Waals surface area contributed by atoms with E-state index < -0.39 is 0 Å². The first-order valence-electron chi connectivity index (χ1n) is 9.06. The highest BCUT2D eigenvalue weighted by Crippen LogP contribution is 2.13. The van der Waals surface area contributed by atoms with Crippen LogP contribution in [0, 0.1) is 0 Å². The van der Waals surface area contributed by atoms with E-state index in [4.69, 9.17) is 4.74 Å². The van der Waals surface area contributed by atoms with Crippen molar-refractivity contribution in [3.05, 3.63) is 35.4 Å². The number of amides is 1. The Hall–Kier alpha value is -2.08. The Morgan fingerprint density at radius 3 is 2.52 bits per heavy atom. The molecule has 0 saturated carbocycles. The lowest BCUT2D eigenvalue weighted by atomic mass is 10.1. The smallest absolute Gasteiger partial charge is 0.253 e. The molecule has 0 spiro atoms. The molecule has 25 heavy (non-hydrogen) atoms. The number of methoxy groups -OCH3 is 1. The topological polar surface area (TPSA) is 66.0 Å². The van der Waals surface area contributed by atoms with Gasteiger partial charge in [0.25, 0.3) is 5.91 Å². The minimum Gasteiger partial charge on any atom is -0.385 e. The van der Waals surface area contributed by atoms with Crippen molar-refractivity contribution < 1.29 is 9.53 Å². The van der Waals surface area contributed by atoms with Gasteiger partial charge in [0.05, 0.1) is 0 Å². The molecule has 6 heteroatoms. The molecule has 1 aromatic rings. The van der Waals surface area contributed by atoms with E-state index in [1.54, 1.807) is 14.2 Å². The molecule has 1 saturated heterocycles. The van der Waals surface area contributed by atoms with Crippen molar-refractivity contribution in [1.82, 2.24) is 15.5 Å². The lowest BCUT2D eigenvalue weighted by molar-refractivity contribution is 0.0724. The molecule has 1 aromatic carbocycles. The van der Waals surface area contributed by atoms with Crippen LogP contribution < -0.4 is 10.6 Å². The summed E-state index contributed by atoms with van der Waals surface area (Å²) in [4.78, 5) is 18.6. The molecule has 0 radical (unpaired) electrons. The van der Waals surface area contributed by atoms with Gasteiger partial charge in [0.15, 0.2) is 5.96 Å². The molecular formula is C19H30N4O2. The fraction of sp³-hybridized carbons (Fsp3) is 0.579. The van der Waals surface area contributed by atoms with Crippen molar-refractivity contribution in [2.24, 2.45) is 4.99 Å². The average molecular weight is 346 g/mol. The summed E-state index contributed by atoms with van der Waals surface area (Å²) in [5.74, 6) is 0.916. The van der Waals surface area contributed by atoms with E-state index in [0.717, 1.165) is 62.6 Å². The summed E-state index contributed by atoms with van der Waals surface area (Å²) < 4.78 is 5.03. The van der Waals surface area contributed by atoms with Crippen LogP contribution >= 0.6 is 0 Å². The summed E-state index contributed by atoms with van der Waals surface area (Å²) in [5, 5.41) is 6.52. The lowest BCUT2D eigenvalue weighted by Crippen LogP contribution is -2.37. The zero-order valence-electron chi connectivity index (χ0n) is 15.4. The van der Waals surface area contributed by atoms with E-state index in [9.17, 15) is 4.79 Å². The van der Waals surface area contributed by atoms with Gasteiger partial charge in [0.1, 0.15) is 0 Å². The van der Waals surface area contributed by atoms with Gasteiger partial charge in [-0.1, -0.05) is 12.1 Å². The van der Waals surface area contributed by atoms with Crippen molar-refractivity contribution in [3.63, 3.8) is 0 Å². The number of nitrogens with zero attached hydrogens (tertiary/aromatic N) is 2. The van der Waals surface area contributed by atoms with Gasteiger partial charge in [-0.2, -0.15) is 0 Å². The molecule has 1 amide bonds. The molecule has 138 valence electrons. The Morgan fingerprint density at radius 1 is 1.16 bits per heavy atom. The molecule has 0 unspecified atom stereocenters. The van der Waals surface area contributed by atoms with E-state index in [1.165, 1.54) is 6.42 Å². The molecule has 0 atom stereocenters. The SMILES string of the molecule is CN=C(NCCCOC)NCc1ccc(C(=O)N2CCCCC2)cc1. The lowest BCUT2D eigenvalue weighted by Gasteiger charge is -2.26. The zero-order valence-corrected chi connectivity index (χ0v) is 15.4. The van der Waals surface area contributed by atoms with Crippen molar-refractivity contribution in [2.45, 2.75) is 32.2 Å². The molecule has 2 rings (SSSR count). The number of piperidine rings is 1. The number of hydrogen-bond acceptors (Lipinski definition) is 3. The summed E-state index contributed by atoms with van der Waals surface area (Å²) in [5.41, 5.74) is 1.89. The van der Waals surface area contributed by atoms with Crippen molar-refractivity contribution in [2.75, 3.05) is 40.4 Å². The molecule has 1 aliphatic rings.